The van der Waals surface area contributed by atoms with E-state index in [1.807, 2.05) is 26.0 Å². The highest BCUT2D eigenvalue weighted by atomic mass is 32.2. The summed E-state index contributed by atoms with van der Waals surface area (Å²) in [6, 6.07) is 15.4. The highest BCUT2D eigenvalue weighted by Crippen LogP contribution is 2.23. The molecule has 164 valence electrons. The summed E-state index contributed by atoms with van der Waals surface area (Å²) in [6.07, 6.45) is 5.04. The molecule has 3 aromatic rings. The van der Waals surface area contributed by atoms with Crippen molar-refractivity contribution in [3.63, 3.8) is 0 Å². The number of pyridine rings is 1. The Morgan fingerprint density at radius 3 is 2.35 bits per heavy atom. The summed E-state index contributed by atoms with van der Waals surface area (Å²) < 4.78 is 52.2. The van der Waals surface area contributed by atoms with Gasteiger partial charge < -0.3 is 0 Å². The molecule has 0 radical (unpaired) electrons. The number of rotatable bonds is 8. The van der Waals surface area contributed by atoms with Crippen molar-refractivity contribution >= 4 is 19.9 Å². The van der Waals surface area contributed by atoms with Crippen molar-refractivity contribution in [1.82, 2.24) is 9.71 Å². The van der Waals surface area contributed by atoms with Crippen LogP contribution in [0.5, 0.6) is 0 Å². The molecule has 2 aromatic carbocycles. The largest absolute Gasteiger partial charge is 0.264 e. The van der Waals surface area contributed by atoms with Crippen LogP contribution in [0.4, 0.5) is 0 Å². The van der Waals surface area contributed by atoms with Gasteiger partial charge in [-0.3, -0.25) is 4.98 Å². The maximum Gasteiger partial charge on any atom is 0.241 e. The first-order valence-corrected chi connectivity index (χ1v) is 13.3. The molecule has 1 aromatic heterocycles. The Hall–Kier alpha value is -2.55. The lowest BCUT2D eigenvalue weighted by molar-refractivity contribution is 0.576. The van der Waals surface area contributed by atoms with Crippen LogP contribution < -0.4 is 4.72 Å². The fourth-order valence-corrected chi connectivity index (χ4v) is 5.21. The van der Waals surface area contributed by atoms with Gasteiger partial charge in [0.15, 0.2) is 9.84 Å². The highest BCUT2D eigenvalue weighted by Gasteiger charge is 2.18. The molecule has 1 heterocycles. The molecule has 0 unspecified atom stereocenters. The van der Waals surface area contributed by atoms with Gasteiger partial charge in [-0.05, 0) is 53.3 Å². The molecule has 0 aliphatic heterocycles. The molecule has 0 atom stereocenters. The highest BCUT2D eigenvalue weighted by molar-refractivity contribution is 7.90. The Morgan fingerprint density at radius 1 is 0.903 bits per heavy atom. The molecule has 0 aliphatic carbocycles. The number of hydrogen-bond acceptors (Lipinski definition) is 5. The summed E-state index contributed by atoms with van der Waals surface area (Å²) in [6.45, 7) is 4.17. The average molecular weight is 459 g/mol. The second kappa shape index (κ2) is 9.30. The minimum Gasteiger partial charge on any atom is -0.264 e. The molecule has 8 heteroatoms. The second-order valence-corrected chi connectivity index (χ2v) is 11.7. The van der Waals surface area contributed by atoms with Crippen molar-refractivity contribution in [1.29, 1.82) is 0 Å². The Bertz CT molecular complexity index is 1280. The van der Waals surface area contributed by atoms with Crippen molar-refractivity contribution in [3.05, 3.63) is 78.1 Å². The monoisotopic (exact) mass is 458 g/mol. The number of sulfonamides is 1. The van der Waals surface area contributed by atoms with Gasteiger partial charge >= 0.3 is 0 Å². The van der Waals surface area contributed by atoms with Gasteiger partial charge in [-0.2, -0.15) is 0 Å². The second-order valence-electron chi connectivity index (χ2n) is 7.91. The van der Waals surface area contributed by atoms with Gasteiger partial charge in [0, 0.05) is 30.8 Å². The molecule has 0 fully saturated rings. The predicted molar refractivity (Wildman–Crippen MR) is 122 cm³/mol. The van der Waals surface area contributed by atoms with Gasteiger partial charge in [0.25, 0.3) is 0 Å². The first kappa shape index (κ1) is 23.1. The van der Waals surface area contributed by atoms with Crippen LogP contribution in [-0.2, 0) is 32.8 Å². The normalized spacial score (nSPS) is 12.3. The van der Waals surface area contributed by atoms with E-state index in [9.17, 15) is 16.8 Å². The zero-order valence-corrected chi connectivity index (χ0v) is 19.4. The third kappa shape index (κ3) is 6.00. The molecule has 31 heavy (non-hydrogen) atoms. The van der Waals surface area contributed by atoms with E-state index in [0.717, 1.165) is 11.8 Å². The fraction of sp³-hybridized carbons (Fsp3) is 0.261. The number of benzene rings is 2. The van der Waals surface area contributed by atoms with Gasteiger partial charge in [0.2, 0.25) is 10.0 Å². The van der Waals surface area contributed by atoms with Crippen LogP contribution in [0.25, 0.3) is 11.1 Å². The van der Waals surface area contributed by atoms with E-state index in [0.29, 0.717) is 29.0 Å². The summed E-state index contributed by atoms with van der Waals surface area (Å²) in [4.78, 5) is 4.70. The minimum atomic E-state index is -3.70. The van der Waals surface area contributed by atoms with Gasteiger partial charge in [-0.25, -0.2) is 21.6 Å². The van der Waals surface area contributed by atoms with Crippen LogP contribution in [0, 0.1) is 5.92 Å². The van der Waals surface area contributed by atoms with Crippen LogP contribution in [0.15, 0.2) is 76.8 Å². The van der Waals surface area contributed by atoms with Crippen LogP contribution in [-0.4, -0.2) is 28.1 Å². The first-order chi connectivity index (χ1) is 14.6. The molecule has 3 rings (SSSR count). The Balaban J connectivity index is 1.83. The summed E-state index contributed by atoms with van der Waals surface area (Å²) >= 11 is 0. The maximum atomic E-state index is 12.9. The van der Waals surface area contributed by atoms with E-state index in [2.05, 4.69) is 9.71 Å². The SMILES string of the molecule is CC(C)Cc1ccccc1S(=O)(=O)NCc1cncc(-c2cccc(S(C)(=O)=O)c2)c1. The lowest BCUT2D eigenvalue weighted by atomic mass is 10.0. The Labute approximate surface area is 184 Å². The van der Waals surface area contributed by atoms with Gasteiger partial charge in [-0.1, -0.05) is 44.2 Å². The molecule has 0 amide bonds. The number of nitrogens with one attached hydrogen (secondary N) is 1. The van der Waals surface area contributed by atoms with Gasteiger partial charge in [0.1, 0.15) is 0 Å². The van der Waals surface area contributed by atoms with E-state index < -0.39 is 19.9 Å². The summed E-state index contributed by atoms with van der Waals surface area (Å²) in [5.41, 5.74) is 2.87. The topological polar surface area (TPSA) is 93.2 Å². The smallest absolute Gasteiger partial charge is 0.241 e. The van der Waals surface area contributed by atoms with E-state index in [1.165, 1.54) is 0 Å². The fourth-order valence-electron chi connectivity index (χ4n) is 3.28. The number of hydrogen-bond donors (Lipinski definition) is 1. The van der Waals surface area contributed by atoms with Crippen molar-refractivity contribution in [2.45, 2.75) is 36.6 Å². The minimum absolute atomic E-state index is 0.0744. The van der Waals surface area contributed by atoms with Crippen LogP contribution >= 0.6 is 0 Å². The van der Waals surface area contributed by atoms with E-state index in [-0.39, 0.29) is 16.3 Å². The van der Waals surface area contributed by atoms with Crippen molar-refractivity contribution in [3.8, 4) is 11.1 Å². The maximum absolute atomic E-state index is 12.9. The quantitative estimate of drug-likeness (QED) is 0.554. The standard InChI is InChI=1S/C23H26N2O4S2/c1-17(2)11-20-7-4-5-10-23(20)31(28,29)25-15-18-12-21(16-24-14-18)19-8-6-9-22(13-19)30(3,26)27/h4-10,12-14,16-17,25H,11,15H2,1-3H3. The lowest BCUT2D eigenvalue weighted by Gasteiger charge is -2.13. The summed E-state index contributed by atoms with van der Waals surface area (Å²) in [5.74, 6) is 0.333. The molecule has 0 saturated carbocycles. The zero-order valence-electron chi connectivity index (χ0n) is 17.7. The molecule has 0 saturated heterocycles. The van der Waals surface area contributed by atoms with E-state index in [1.54, 1.807) is 54.9 Å². The Kier molecular flexibility index (Phi) is 6.93. The molecule has 1 N–H and O–H groups in total. The van der Waals surface area contributed by atoms with Crippen LogP contribution in [0.2, 0.25) is 0 Å². The van der Waals surface area contributed by atoms with E-state index in [4.69, 9.17) is 0 Å². The Morgan fingerprint density at radius 2 is 1.65 bits per heavy atom. The molecule has 0 spiro atoms. The van der Waals surface area contributed by atoms with Crippen molar-refractivity contribution in [2.75, 3.05) is 6.26 Å². The number of sulfone groups is 1. The average Bonchev–Trinajstić information content (AvgIpc) is 2.72. The molecular weight excluding hydrogens is 432 g/mol. The predicted octanol–water partition coefficient (Wildman–Crippen LogP) is 3.83. The molecular formula is C23H26N2O4S2. The van der Waals surface area contributed by atoms with Crippen molar-refractivity contribution < 1.29 is 16.8 Å². The lowest BCUT2D eigenvalue weighted by Crippen LogP contribution is -2.24. The van der Waals surface area contributed by atoms with Crippen LogP contribution in [0.3, 0.4) is 0 Å². The third-order valence-electron chi connectivity index (χ3n) is 4.75. The summed E-state index contributed by atoms with van der Waals surface area (Å²) in [5, 5.41) is 0. The van der Waals surface area contributed by atoms with Gasteiger partial charge in [0.05, 0.1) is 9.79 Å². The van der Waals surface area contributed by atoms with Gasteiger partial charge in [-0.15, -0.1) is 0 Å². The van der Waals surface area contributed by atoms with Crippen LogP contribution in [0.1, 0.15) is 25.0 Å². The molecule has 0 aliphatic rings. The van der Waals surface area contributed by atoms with E-state index >= 15 is 0 Å². The third-order valence-corrected chi connectivity index (χ3v) is 7.36. The summed E-state index contributed by atoms with van der Waals surface area (Å²) in [7, 11) is -7.02. The molecule has 0 bridgehead atoms. The van der Waals surface area contributed by atoms with Crippen molar-refractivity contribution in [2.24, 2.45) is 5.92 Å². The number of aromatic nitrogens is 1. The zero-order chi connectivity index (χ0) is 22.6. The first-order valence-electron chi connectivity index (χ1n) is 9.88. The molecule has 6 nitrogen and oxygen atoms in total. The number of nitrogens with zero attached hydrogens (tertiary/aromatic N) is 1.